The number of nitrogens with zero attached hydrogens (tertiary/aromatic N) is 2. The molecule has 0 unspecified atom stereocenters. The molecule has 2 heterocycles. The van der Waals surface area contributed by atoms with Crippen LogP contribution < -0.4 is 5.32 Å². The van der Waals surface area contributed by atoms with Gasteiger partial charge in [-0.25, -0.2) is 0 Å². The predicted octanol–water partition coefficient (Wildman–Crippen LogP) is 2.65. The zero-order chi connectivity index (χ0) is 17.8. The van der Waals surface area contributed by atoms with E-state index in [1.54, 1.807) is 0 Å². The minimum atomic E-state index is -0.346. The molecule has 0 atom stereocenters. The van der Waals surface area contributed by atoms with E-state index < -0.39 is 0 Å². The number of hydrogen-bond donors (Lipinski definition) is 1. The highest BCUT2D eigenvalue weighted by molar-refractivity contribution is 5.87. The fourth-order valence-electron chi connectivity index (χ4n) is 4.33. The van der Waals surface area contributed by atoms with Crippen molar-refractivity contribution in [2.24, 2.45) is 0 Å². The normalized spacial score (nSPS) is 20.8. The highest BCUT2D eigenvalue weighted by atomic mass is 16.2. The van der Waals surface area contributed by atoms with Crippen molar-refractivity contribution >= 4 is 5.91 Å². The molecule has 2 saturated heterocycles. The van der Waals surface area contributed by atoms with Crippen LogP contribution in [0.15, 0.2) is 60.7 Å². The number of hydrogen-bond acceptors (Lipinski definition) is 3. The Morgan fingerprint density at radius 2 is 1.38 bits per heavy atom. The number of likely N-dealkylation sites (tertiary alicyclic amines) is 1. The van der Waals surface area contributed by atoms with E-state index in [4.69, 9.17) is 0 Å². The van der Waals surface area contributed by atoms with Crippen LogP contribution in [0.5, 0.6) is 0 Å². The van der Waals surface area contributed by atoms with Crippen molar-refractivity contribution in [3.8, 4) is 0 Å². The topological polar surface area (TPSA) is 35.6 Å². The van der Waals surface area contributed by atoms with Crippen LogP contribution >= 0.6 is 0 Å². The van der Waals surface area contributed by atoms with E-state index in [2.05, 4.69) is 69.7 Å². The summed E-state index contributed by atoms with van der Waals surface area (Å²) in [7, 11) is 0. The molecule has 1 amide bonds. The zero-order valence-electron chi connectivity index (χ0n) is 15.2. The van der Waals surface area contributed by atoms with Gasteiger partial charge in [-0.15, -0.1) is 0 Å². The van der Waals surface area contributed by atoms with Gasteiger partial charge in [-0.3, -0.25) is 14.6 Å². The van der Waals surface area contributed by atoms with Gasteiger partial charge in [-0.1, -0.05) is 60.7 Å². The molecule has 1 spiro atoms. The maximum atomic E-state index is 12.9. The Morgan fingerprint density at radius 3 is 2.00 bits per heavy atom. The molecule has 136 valence electrons. The van der Waals surface area contributed by atoms with E-state index in [0.717, 1.165) is 52.1 Å². The Bertz CT molecular complexity index is 724. The van der Waals surface area contributed by atoms with E-state index in [1.165, 1.54) is 11.1 Å². The number of nitrogens with one attached hydrogen (secondary N) is 1. The number of rotatable bonds is 4. The van der Waals surface area contributed by atoms with Crippen molar-refractivity contribution in [2.75, 3.05) is 26.2 Å². The SMILES string of the molecule is O=C1NCCN(Cc2ccccc2)C12CCN(Cc1ccccc1)CC2. The first kappa shape index (κ1) is 17.3. The molecular weight excluding hydrogens is 322 g/mol. The van der Waals surface area contributed by atoms with Gasteiger partial charge in [0, 0.05) is 39.3 Å². The minimum Gasteiger partial charge on any atom is -0.353 e. The summed E-state index contributed by atoms with van der Waals surface area (Å²) in [5.41, 5.74) is 2.28. The molecule has 0 saturated carbocycles. The van der Waals surface area contributed by atoms with Crippen molar-refractivity contribution in [1.29, 1.82) is 0 Å². The third-order valence-corrected chi connectivity index (χ3v) is 5.84. The van der Waals surface area contributed by atoms with E-state index in [9.17, 15) is 4.79 Å². The van der Waals surface area contributed by atoms with Crippen LogP contribution in [0, 0.1) is 0 Å². The standard InChI is InChI=1S/C22H27N3O/c26-21-22(25(16-13-23-21)18-20-9-5-2-6-10-20)11-14-24(15-12-22)17-19-7-3-1-4-8-19/h1-10H,11-18H2,(H,23,26). The second-order valence-corrected chi connectivity index (χ2v) is 7.46. The van der Waals surface area contributed by atoms with Gasteiger partial charge in [0.25, 0.3) is 0 Å². The van der Waals surface area contributed by atoms with E-state index in [1.807, 2.05) is 6.07 Å². The van der Waals surface area contributed by atoms with Gasteiger partial charge in [0.2, 0.25) is 5.91 Å². The molecule has 4 heteroatoms. The number of piperidine rings is 1. The Labute approximate surface area is 155 Å². The summed E-state index contributed by atoms with van der Waals surface area (Å²) in [6.45, 7) is 5.44. The molecular formula is C22H27N3O. The van der Waals surface area contributed by atoms with Gasteiger partial charge in [0.1, 0.15) is 5.54 Å². The number of benzene rings is 2. The average molecular weight is 349 g/mol. The lowest BCUT2D eigenvalue weighted by molar-refractivity contribution is -0.142. The number of carbonyl (C=O) groups is 1. The first-order valence-corrected chi connectivity index (χ1v) is 9.60. The highest BCUT2D eigenvalue weighted by Crippen LogP contribution is 2.33. The summed E-state index contributed by atoms with van der Waals surface area (Å²) >= 11 is 0. The fourth-order valence-corrected chi connectivity index (χ4v) is 4.33. The zero-order valence-corrected chi connectivity index (χ0v) is 15.2. The summed E-state index contributed by atoms with van der Waals surface area (Å²) in [4.78, 5) is 17.8. The molecule has 2 aliphatic heterocycles. The van der Waals surface area contributed by atoms with Crippen LogP contribution in [0.2, 0.25) is 0 Å². The summed E-state index contributed by atoms with van der Waals surface area (Å²) in [6.07, 6.45) is 1.80. The van der Waals surface area contributed by atoms with Crippen molar-refractivity contribution in [3.63, 3.8) is 0 Å². The Hall–Kier alpha value is -2.17. The molecule has 0 radical (unpaired) electrons. The third-order valence-electron chi connectivity index (χ3n) is 5.84. The second-order valence-electron chi connectivity index (χ2n) is 7.46. The van der Waals surface area contributed by atoms with Gasteiger partial charge >= 0.3 is 0 Å². The largest absolute Gasteiger partial charge is 0.353 e. The molecule has 2 aromatic rings. The lowest BCUT2D eigenvalue weighted by Gasteiger charge is -2.50. The predicted molar refractivity (Wildman–Crippen MR) is 104 cm³/mol. The van der Waals surface area contributed by atoms with E-state index >= 15 is 0 Å². The minimum absolute atomic E-state index is 0.221. The summed E-state index contributed by atoms with van der Waals surface area (Å²) in [5, 5.41) is 3.12. The summed E-state index contributed by atoms with van der Waals surface area (Å²) < 4.78 is 0. The van der Waals surface area contributed by atoms with Gasteiger partial charge in [0.15, 0.2) is 0 Å². The van der Waals surface area contributed by atoms with Crippen LogP contribution in [0.25, 0.3) is 0 Å². The molecule has 2 fully saturated rings. The quantitative estimate of drug-likeness (QED) is 0.922. The highest BCUT2D eigenvalue weighted by Gasteiger charge is 2.47. The molecule has 0 aliphatic carbocycles. The van der Waals surface area contributed by atoms with Crippen LogP contribution in [0.4, 0.5) is 0 Å². The monoisotopic (exact) mass is 349 g/mol. The first-order valence-electron chi connectivity index (χ1n) is 9.60. The number of piperazine rings is 1. The Kier molecular flexibility index (Phi) is 5.05. The number of amides is 1. The van der Waals surface area contributed by atoms with Crippen LogP contribution in [-0.2, 0) is 17.9 Å². The molecule has 0 bridgehead atoms. The molecule has 4 rings (SSSR count). The maximum absolute atomic E-state index is 12.9. The van der Waals surface area contributed by atoms with Crippen molar-refractivity contribution < 1.29 is 4.79 Å². The van der Waals surface area contributed by atoms with Crippen molar-refractivity contribution in [2.45, 2.75) is 31.5 Å². The van der Waals surface area contributed by atoms with Gasteiger partial charge in [0.05, 0.1) is 0 Å². The van der Waals surface area contributed by atoms with Gasteiger partial charge < -0.3 is 5.32 Å². The van der Waals surface area contributed by atoms with E-state index in [-0.39, 0.29) is 11.4 Å². The lowest BCUT2D eigenvalue weighted by Crippen LogP contribution is -2.67. The lowest BCUT2D eigenvalue weighted by atomic mass is 9.82. The van der Waals surface area contributed by atoms with Crippen LogP contribution in [0.3, 0.4) is 0 Å². The van der Waals surface area contributed by atoms with E-state index in [0.29, 0.717) is 0 Å². The molecule has 1 N–H and O–H groups in total. The Balaban J connectivity index is 1.45. The van der Waals surface area contributed by atoms with Gasteiger partial charge in [-0.2, -0.15) is 0 Å². The molecule has 4 nitrogen and oxygen atoms in total. The van der Waals surface area contributed by atoms with Gasteiger partial charge in [-0.05, 0) is 24.0 Å². The average Bonchev–Trinajstić information content (AvgIpc) is 2.69. The fraction of sp³-hybridized carbons (Fsp3) is 0.409. The molecule has 26 heavy (non-hydrogen) atoms. The third kappa shape index (κ3) is 3.53. The molecule has 2 aliphatic rings. The van der Waals surface area contributed by atoms with Crippen molar-refractivity contribution in [1.82, 2.24) is 15.1 Å². The first-order chi connectivity index (χ1) is 12.8. The summed E-state index contributed by atoms with van der Waals surface area (Å²) in [6, 6.07) is 21.1. The molecule has 0 aromatic heterocycles. The summed E-state index contributed by atoms with van der Waals surface area (Å²) in [5.74, 6) is 0.221. The van der Waals surface area contributed by atoms with Crippen molar-refractivity contribution in [3.05, 3.63) is 71.8 Å². The number of carbonyl (C=O) groups excluding carboxylic acids is 1. The Morgan fingerprint density at radius 1 is 0.808 bits per heavy atom. The van der Waals surface area contributed by atoms with Crippen LogP contribution in [0.1, 0.15) is 24.0 Å². The molecule has 2 aromatic carbocycles. The second kappa shape index (κ2) is 7.60. The van der Waals surface area contributed by atoms with Crippen LogP contribution in [-0.4, -0.2) is 47.4 Å². The maximum Gasteiger partial charge on any atom is 0.240 e. The smallest absolute Gasteiger partial charge is 0.240 e.